The van der Waals surface area contributed by atoms with Crippen molar-refractivity contribution in [2.24, 2.45) is 0 Å². The zero-order valence-corrected chi connectivity index (χ0v) is 11.5. The Morgan fingerprint density at radius 1 is 1.59 bits per heavy atom. The molecule has 0 saturated carbocycles. The predicted octanol–water partition coefficient (Wildman–Crippen LogP) is 0.601. The molecule has 1 amide bonds. The maximum Gasteiger partial charge on any atom is 0.252 e. The number of carbonyl (C=O) groups is 1. The van der Waals surface area contributed by atoms with E-state index in [9.17, 15) is 13.2 Å². The average molecular weight is 298 g/mol. The third-order valence-electron chi connectivity index (χ3n) is 1.72. The standard InChI is InChI=1S/C8H12ClN3O3S2/c1-2-3-10-6(13)4-12-17(14,15)7-5-11-8(9)16-7/h5,12H,2-4H2,1H3,(H,10,13). The smallest absolute Gasteiger partial charge is 0.252 e. The molecule has 9 heteroatoms. The summed E-state index contributed by atoms with van der Waals surface area (Å²) in [7, 11) is -3.70. The van der Waals surface area contributed by atoms with Gasteiger partial charge in [-0.15, -0.1) is 0 Å². The summed E-state index contributed by atoms with van der Waals surface area (Å²) in [5.41, 5.74) is 0. The van der Waals surface area contributed by atoms with Crippen LogP contribution in [0.4, 0.5) is 0 Å². The number of thiazole rings is 1. The van der Waals surface area contributed by atoms with E-state index in [1.165, 1.54) is 0 Å². The second kappa shape index (κ2) is 6.29. The fourth-order valence-electron chi connectivity index (χ4n) is 0.922. The molecule has 0 aromatic carbocycles. The first-order valence-corrected chi connectivity index (χ1v) is 7.51. The van der Waals surface area contributed by atoms with E-state index in [2.05, 4.69) is 15.0 Å². The van der Waals surface area contributed by atoms with E-state index >= 15 is 0 Å². The number of aromatic nitrogens is 1. The van der Waals surface area contributed by atoms with Gasteiger partial charge in [-0.3, -0.25) is 4.79 Å². The molecule has 0 fully saturated rings. The number of rotatable bonds is 6. The monoisotopic (exact) mass is 297 g/mol. The maximum atomic E-state index is 11.6. The summed E-state index contributed by atoms with van der Waals surface area (Å²) >= 11 is 6.37. The number of hydrogen-bond acceptors (Lipinski definition) is 5. The lowest BCUT2D eigenvalue weighted by molar-refractivity contribution is -0.119. The van der Waals surface area contributed by atoms with Gasteiger partial charge in [-0.05, 0) is 6.42 Å². The third-order valence-corrected chi connectivity index (χ3v) is 4.69. The van der Waals surface area contributed by atoms with Gasteiger partial charge in [0.05, 0.1) is 12.7 Å². The molecule has 0 radical (unpaired) electrons. The molecule has 17 heavy (non-hydrogen) atoms. The number of amides is 1. The first-order chi connectivity index (χ1) is 7.95. The number of halogens is 1. The summed E-state index contributed by atoms with van der Waals surface area (Å²) in [5.74, 6) is -0.369. The fourth-order valence-corrected chi connectivity index (χ4v) is 3.24. The van der Waals surface area contributed by atoms with Gasteiger partial charge in [0.15, 0.2) is 8.68 Å². The second-order valence-corrected chi connectivity index (χ2v) is 6.71. The molecule has 6 nitrogen and oxygen atoms in total. The molecule has 96 valence electrons. The van der Waals surface area contributed by atoms with Crippen LogP contribution in [0.1, 0.15) is 13.3 Å². The van der Waals surface area contributed by atoms with Gasteiger partial charge in [0.2, 0.25) is 5.91 Å². The third kappa shape index (κ3) is 4.58. The van der Waals surface area contributed by atoms with Crippen molar-refractivity contribution >= 4 is 38.9 Å². The average Bonchev–Trinajstić information content (AvgIpc) is 2.71. The Morgan fingerprint density at radius 3 is 2.82 bits per heavy atom. The summed E-state index contributed by atoms with van der Waals surface area (Å²) in [5, 5.41) is 2.56. The van der Waals surface area contributed by atoms with Crippen molar-refractivity contribution in [2.75, 3.05) is 13.1 Å². The van der Waals surface area contributed by atoms with Gasteiger partial charge in [-0.1, -0.05) is 29.9 Å². The summed E-state index contributed by atoms with van der Waals surface area (Å²) in [6, 6.07) is 0. The van der Waals surface area contributed by atoms with Gasteiger partial charge >= 0.3 is 0 Å². The lowest BCUT2D eigenvalue weighted by Crippen LogP contribution is -2.36. The Hall–Kier alpha value is -0.700. The Labute approximate surface area is 108 Å². The molecule has 0 bridgehead atoms. The van der Waals surface area contributed by atoms with Crippen LogP contribution in [0.2, 0.25) is 4.47 Å². The van der Waals surface area contributed by atoms with Gasteiger partial charge in [0, 0.05) is 6.54 Å². The minimum Gasteiger partial charge on any atom is -0.355 e. The Kier molecular flexibility index (Phi) is 5.31. The highest BCUT2D eigenvalue weighted by Crippen LogP contribution is 2.21. The zero-order valence-electron chi connectivity index (χ0n) is 9.07. The van der Waals surface area contributed by atoms with E-state index in [1.807, 2.05) is 6.92 Å². The van der Waals surface area contributed by atoms with Crippen molar-refractivity contribution in [3.63, 3.8) is 0 Å². The highest BCUT2D eigenvalue weighted by atomic mass is 35.5. The van der Waals surface area contributed by atoms with Gasteiger partial charge in [0.25, 0.3) is 10.0 Å². The maximum absolute atomic E-state index is 11.6. The Bertz CT molecular complexity index is 486. The minimum absolute atomic E-state index is 0.00853. The quantitative estimate of drug-likeness (QED) is 0.805. The van der Waals surface area contributed by atoms with Crippen LogP contribution in [-0.4, -0.2) is 32.4 Å². The number of nitrogens with zero attached hydrogens (tertiary/aromatic N) is 1. The predicted molar refractivity (Wildman–Crippen MR) is 65.6 cm³/mol. The summed E-state index contributed by atoms with van der Waals surface area (Å²) in [6.45, 7) is 2.13. The number of hydrogen-bond donors (Lipinski definition) is 2. The highest BCUT2D eigenvalue weighted by Gasteiger charge is 2.18. The van der Waals surface area contributed by atoms with Crippen molar-refractivity contribution in [3.8, 4) is 0 Å². The van der Waals surface area contributed by atoms with Gasteiger partial charge in [-0.2, -0.15) is 0 Å². The molecule has 0 saturated heterocycles. The number of nitrogens with one attached hydrogen (secondary N) is 2. The molecule has 0 spiro atoms. The SMILES string of the molecule is CCCNC(=O)CNS(=O)(=O)c1cnc(Cl)s1. The van der Waals surface area contributed by atoms with Crippen molar-refractivity contribution in [2.45, 2.75) is 17.6 Å². The molecule has 1 heterocycles. The van der Waals surface area contributed by atoms with E-state index in [4.69, 9.17) is 11.6 Å². The first kappa shape index (κ1) is 14.4. The molecule has 1 aromatic heterocycles. The van der Waals surface area contributed by atoms with Crippen molar-refractivity contribution in [1.82, 2.24) is 15.0 Å². The van der Waals surface area contributed by atoms with Gasteiger partial charge in [-0.25, -0.2) is 18.1 Å². The van der Waals surface area contributed by atoms with Crippen LogP contribution in [-0.2, 0) is 14.8 Å². The molecular formula is C8H12ClN3O3S2. The molecule has 0 aliphatic carbocycles. The van der Waals surface area contributed by atoms with Crippen molar-refractivity contribution in [1.29, 1.82) is 0 Å². The van der Waals surface area contributed by atoms with Crippen molar-refractivity contribution < 1.29 is 13.2 Å². The largest absolute Gasteiger partial charge is 0.355 e. The minimum atomic E-state index is -3.70. The molecule has 1 aromatic rings. The molecule has 0 atom stereocenters. The summed E-state index contributed by atoms with van der Waals surface area (Å²) < 4.78 is 25.6. The van der Waals surface area contributed by atoms with E-state index in [-0.39, 0.29) is 21.1 Å². The van der Waals surface area contributed by atoms with Crippen LogP contribution in [0.3, 0.4) is 0 Å². The molecule has 0 unspecified atom stereocenters. The highest BCUT2D eigenvalue weighted by molar-refractivity contribution is 7.91. The van der Waals surface area contributed by atoms with Crippen LogP contribution in [0, 0.1) is 0 Å². The van der Waals surface area contributed by atoms with Crippen LogP contribution in [0.5, 0.6) is 0 Å². The van der Waals surface area contributed by atoms with Crippen LogP contribution < -0.4 is 10.0 Å². The molecule has 0 aliphatic rings. The molecular weight excluding hydrogens is 286 g/mol. The van der Waals surface area contributed by atoms with Crippen LogP contribution >= 0.6 is 22.9 Å². The van der Waals surface area contributed by atoms with Gasteiger partial charge in [0.1, 0.15) is 0 Å². The van der Waals surface area contributed by atoms with E-state index in [1.54, 1.807) is 0 Å². The second-order valence-electron chi connectivity index (χ2n) is 3.11. The lowest BCUT2D eigenvalue weighted by Gasteiger charge is -2.04. The van der Waals surface area contributed by atoms with E-state index in [0.717, 1.165) is 24.0 Å². The topological polar surface area (TPSA) is 88.2 Å². The van der Waals surface area contributed by atoms with E-state index < -0.39 is 10.0 Å². The fraction of sp³-hybridized carbons (Fsp3) is 0.500. The number of sulfonamides is 1. The van der Waals surface area contributed by atoms with Crippen LogP contribution in [0.25, 0.3) is 0 Å². The zero-order chi connectivity index (χ0) is 12.9. The van der Waals surface area contributed by atoms with Gasteiger partial charge < -0.3 is 5.32 Å². The molecule has 0 aliphatic heterocycles. The lowest BCUT2D eigenvalue weighted by atomic mass is 10.5. The van der Waals surface area contributed by atoms with E-state index in [0.29, 0.717) is 6.54 Å². The summed E-state index contributed by atoms with van der Waals surface area (Å²) in [4.78, 5) is 14.8. The van der Waals surface area contributed by atoms with Crippen molar-refractivity contribution in [3.05, 3.63) is 10.7 Å². The first-order valence-electron chi connectivity index (χ1n) is 4.83. The van der Waals surface area contributed by atoms with Crippen LogP contribution in [0.15, 0.2) is 10.4 Å². The molecule has 1 rings (SSSR count). The Morgan fingerprint density at radius 2 is 2.29 bits per heavy atom. The number of carbonyl (C=O) groups excluding carboxylic acids is 1. The Balaban J connectivity index is 2.54. The molecule has 2 N–H and O–H groups in total. The summed E-state index contributed by atoms with van der Waals surface area (Å²) in [6.07, 6.45) is 1.95. The normalized spacial score (nSPS) is 11.4.